The van der Waals surface area contributed by atoms with Gasteiger partial charge in [-0.2, -0.15) is 4.31 Å². The SMILES string of the molecule is CCc1cc([C@H]2CCCN2S(=O)(=O)c2c(C)cc(C)cc2C)on1. The van der Waals surface area contributed by atoms with Crippen molar-refractivity contribution < 1.29 is 12.9 Å². The summed E-state index contributed by atoms with van der Waals surface area (Å²) in [6, 6.07) is 5.47. The van der Waals surface area contributed by atoms with Crippen LogP contribution in [0.25, 0.3) is 0 Å². The molecule has 1 aromatic heterocycles. The summed E-state index contributed by atoms with van der Waals surface area (Å²) < 4.78 is 33.6. The quantitative estimate of drug-likeness (QED) is 0.845. The minimum absolute atomic E-state index is 0.261. The Balaban J connectivity index is 2.03. The Morgan fingerprint density at radius 3 is 2.46 bits per heavy atom. The molecular weight excluding hydrogens is 324 g/mol. The van der Waals surface area contributed by atoms with Crippen LogP contribution in [0.4, 0.5) is 0 Å². The largest absolute Gasteiger partial charge is 0.359 e. The molecule has 6 heteroatoms. The minimum Gasteiger partial charge on any atom is -0.359 e. The number of nitrogens with zero attached hydrogens (tertiary/aromatic N) is 2. The Morgan fingerprint density at radius 2 is 1.88 bits per heavy atom. The van der Waals surface area contributed by atoms with Crippen molar-refractivity contribution in [3.63, 3.8) is 0 Å². The third kappa shape index (κ3) is 2.89. The van der Waals surface area contributed by atoms with Gasteiger partial charge in [0.2, 0.25) is 10.0 Å². The first-order chi connectivity index (χ1) is 11.3. The van der Waals surface area contributed by atoms with Crippen LogP contribution in [0, 0.1) is 20.8 Å². The Hall–Kier alpha value is -1.66. The van der Waals surface area contributed by atoms with Gasteiger partial charge < -0.3 is 4.52 Å². The molecule has 2 aromatic rings. The van der Waals surface area contributed by atoms with E-state index in [9.17, 15) is 8.42 Å². The lowest BCUT2D eigenvalue weighted by Crippen LogP contribution is -2.31. The topological polar surface area (TPSA) is 63.4 Å². The van der Waals surface area contributed by atoms with Gasteiger partial charge in [0.05, 0.1) is 16.6 Å². The number of aromatic nitrogens is 1. The van der Waals surface area contributed by atoms with Gasteiger partial charge in [0, 0.05) is 12.6 Å². The fraction of sp³-hybridized carbons (Fsp3) is 0.500. The molecule has 2 heterocycles. The fourth-order valence-corrected chi connectivity index (χ4v) is 5.73. The molecule has 5 nitrogen and oxygen atoms in total. The number of hydrogen-bond donors (Lipinski definition) is 0. The molecule has 1 atom stereocenters. The van der Waals surface area contributed by atoms with E-state index in [1.54, 1.807) is 4.31 Å². The molecular formula is C18H24N2O3S. The van der Waals surface area contributed by atoms with E-state index in [-0.39, 0.29) is 6.04 Å². The van der Waals surface area contributed by atoms with Crippen LogP contribution in [0.15, 0.2) is 27.6 Å². The van der Waals surface area contributed by atoms with Gasteiger partial charge in [-0.15, -0.1) is 0 Å². The molecule has 1 fully saturated rings. The van der Waals surface area contributed by atoms with Crippen molar-refractivity contribution in [2.45, 2.75) is 57.9 Å². The van der Waals surface area contributed by atoms with E-state index in [4.69, 9.17) is 4.52 Å². The molecule has 0 spiro atoms. The molecule has 0 aliphatic carbocycles. The van der Waals surface area contributed by atoms with Gasteiger partial charge in [0.15, 0.2) is 5.76 Å². The molecule has 0 saturated carbocycles. The predicted molar refractivity (Wildman–Crippen MR) is 92.4 cm³/mol. The van der Waals surface area contributed by atoms with Crippen LogP contribution in [0.3, 0.4) is 0 Å². The third-order valence-corrected chi connectivity index (χ3v) is 6.86. The Kier molecular flexibility index (Phi) is 4.53. The zero-order chi connectivity index (χ0) is 17.5. The van der Waals surface area contributed by atoms with Gasteiger partial charge in [0.1, 0.15) is 0 Å². The highest BCUT2D eigenvalue weighted by Crippen LogP contribution is 2.38. The van der Waals surface area contributed by atoms with Crippen LogP contribution in [-0.2, 0) is 16.4 Å². The Bertz CT molecular complexity index is 832. The predicted octanol–water partition coefficient (Wildman–Crippen LogP) is 3.69. The first-order valence-electron chi connectivity index (χ1n) is 8.39. The van der Waals surface area contributed by atoms with Crippen LogP contribution in [-0.4, -0.2) is 24.4 Å². The first-order valence-corrected chi connectivity index (χ1v) is 9.83. The van der Waals surface area contributed by atoms with E-state index in [1.165, 1.54) is 0 Å². The van der Waals surface area contributed by atoms with Gasteiger partial charge in [-0.05, 0) is 51.2 Å². The maximum absolute atomic E-state index is 13.3. The summed E-state index contributed by atoms with van der Waals surface area (Å²) in [7, 11) is -3.57. The molecule has 0 N–H and O–H groups in total. The van der Waals surface area contributed by atoms with E-state index in [0.717, 1.165) is 41.6 Å². The lowest BCUT2D eigenvalue weighted by Gasteiger charge is -2.24. The van der Waals surface area contributed by atoms with Crippen molar-refractivity contribution in [1.82, 2.24) is 9.46 Å². The number of rotatable bonds is 4. The molecule has 0 bridgehead atoms. The van der Waals surface area contributed by atoms with Gasteiger partial charge >= 0.3 is 0 Å². The molecule has 130 valence electrons. The van der Waals surface area contributed by atoms with E-state index in [1.807, 2.05) is 45.9 Å². The van der Waals surface area contributed by atoms with Crippen LogP contribution in [0.1, 0.15) is 54.0 Å². The van der Waals surface area contributed by atoms with Gasteiger partial charge in [-0.1, -0.05) is 29.8 Å². The van der Waals surface area contributed by atoms with E-state index < -0.39 is 10.0 Å². The summed E-state index contributed by atoms with van der Waals surface area (Å²) in [5.74, 6) is 0.648. The Morgan fingerprint density at radius 1 is 1.21 bits per heavy atom. The minimum atomic E-state index is -3.57. The average Bonchev–Trinajstić information content (AvgIpc) is 3.14. The second-order valence-corrected chi connectivity index (χ2v) is 8.40. The molecule has 0 radical (unpaired) electrons. The normalized spacial score (nSPS) is 19.1. The van der Waals surface area contributed by atoms with Crippen molar-refractivity contribution in [1.29, 1.82) is 0 Å². The zero-order valence-electron chi connectivity index (χ0n) is 14.7. The van der Waals surface area contributed by atoms with E-state index >= 15 is 0 Å². The second kappa shape index (κ2) is 6.33. The third-order valence-electron chi connectivity index (χ3n) is 4.64. The first kappa shape index (κ1) is 17.2. The molecule has 1 aliphatic heterocycles. The summed E-state index contributed by atoms with van der Waals surface area (Å²) in [6.45, 7) is 8.23. The average molecular weight is 348 g/mol. The lowest BCUT2D eigenvalue weighted by molar-refractivity contribution is 0.296. The molecule has 3 rings (SSSR count). The van der Waals surface area contributed by atoms with Crippen LogP contribution >= 0.6 is 0 Å². The highest BCUT2D eigenvalue weighted by Gasteiger charge is 2.39. The number of benzene rings is 1. The summed E-state index contributed by atoms with van der Waals surface area (Å²) in [5.41, 5.74) is 3.52. The standard InChI is InChI=1S/C18H24N2O3S/c1-5-15-11-17(23-19-15)16-7-6-8-20(16)24(21,22)18-13(3)9-12(2)10-14(18)4/h9-11,16H,5-8H2,1-4H3/t16-/m1/s1. The number of aryl methyl sites for hydroxylation is 4. The summed E-state index contributed by atoms with van der Waals surface area (Å²) >= 11 is 0. The van der Waals surface area contributed by atoms with Gasteiger partial charge in [-0.25, -0.2) is 8.42 Å². The van der Waals surface area contributed by atoms with Crippen molar-refractivity contribution in [2.75, 3.05) is 6.54 Å². The van der Waals surface area contributed by atoms with Crippen LogP contribution < -0.4 is 0 Å². The molecule has 1 saturated heterocycles. The van der Waals surface area contributed by atoms with Crippen molar-refractivity contribution in [3.05, 3.63) is 46.3 Å². The summed E-state index contributed by atoms with van der Waals surface area (Å²) in [6.07, 6.45) is 2.37. The fourth-order valence-electron chi connectivity index (χ4n) is 3.65. The smallest absolute Gasteiger partial charge is 0.244 e. The van der Waals surface area contributed by atoms with Gasteiger partial charge in [-0.3, -0.25) is 0 Å². The molecule has 1 aliphatic rings. The second-order valence-electron chi connectivity index (χ2n) is 6.58. The molecule has 0 unspecified atom stereocenters. The zero-order valence-corrected chi connectivity index (χ0v) is 15.5. The van der Waals surface area contributed by atoms with Crippen molar-refractivity contribution >= 4 is 10.0 Å². The maximum atomic E-state index is 13.3. The van der Waals surface area contributed by atoms with Gasteiger partial charge in [0.25, 0.3) is 0 Å². The highest BCUT2D eigenvalue weighted by molar-refractivity contribution is 7.89. The summed E-state index contributed by atoms with van der Waals surface area (Å²) in [4.78, 5) is 0.426. The van der Waals surface area contributed by atoms with E-state index in [2.05, 4.69) is 5.16 Å². The monoisotopic (exact) mass is 348 g/mol. The highest BCUT2D eigenvalue weighted by atomic mass is 32.2. The summed E-state index contributed by atoms with van der Waals surface area (Å²) in [5, 5.41) is 4.02. The van der Waals surface area contributed by atoms with Crippen LogP contribution in [0.2, 0.25) is 0 Å². The van der Waals surface area contributed by atoms with Crippen LogP contribution in [0.5, 0.6) is 0 Å². The number of sulfonamides is 1. The molecule has 24 heavy (non-hydrogen) atoms. The molecule has 1 aromatic carbocycles. The Labute approximate surface area is 143 Å². The van der Waals surface area contributed by atoms with Crippen molar-refractivity contribution in [2.24, 2.45) is 0 Å². The molecule has 0 amide bonds. The van der Waals surface area contributed by atoms with E-state index in [0.29, 0.717) is 17.2 Å². The van der Waals surface area contributed by atoms with Crippen molar-refractivity contribution in [3.8, 4) is 0 Å². The lowest BCUT2D eigenvalue weighted by atomic mass is 10.1. The maximum Gasteiger partial charge on any atom is 0.244 e. The number of hydrogen-bond acceptors (Lipinski definition) is 4.